The molecule has 52 heavy (non-hydrogen) atoms. The van der Waals surface area contributed by atoms with Crippen LogP contribution in [0.25, 0.3) is 16.6 Å². The van der Waals surface area contributed by atoms with Gasteiger partial charge in [0.2, 0.25) is 0 Å². The van der Waals surface area contributed by atoms with Gasteiger partial charge in [-0.2, -0.15) is 13.2 Å². The van der Waals surface area contributed by atoms with Gasteiger partial charge in [0.25, 0.3) is 11.5 Å². The number of carboxylic acids is 1. The van der Waals surface area contributed by atoms with E-state index in [9.17, 15) is 27.2 Å². The highest BCUT2D eigenvalue weighted by atomic mass is 19.4. The van der Waals surface area contributed by atoms with Gasteiger partial charge in [-0.05, 0) is 66.2 Å². The quantitative estimate of drug-likeness (QED) is 0.144. The van der Waals surface area contributed by atoms with Crippen molar-refractivity contribution in [1.29, 1.82) is 0 Å². The first kappa shape index (κ1) is 36.5. The first-order chi connectivity index (χ1) is 24.8. The van der Waals surface area contributed by atoms with Crippen LogP contribution in [0.1, 0.15) is 15.9 Å². The fraction of sp³-hybridized carbons (Fsp3) is 0.0811. The summed E-state index contributed by atoms with van der Waals surface area (Å²) in [7, 11) is 1.52. The third-order valence-corrected chi connectivity index (χ3v) is 7.17. The first-order valence-corrected chi connectivity index (χ1v) is 15.0. The van der Waals surface area contributed by atoms with Crippen LogP contribution in [-0.4, -0.2) is 39.8 Å². The van der Waals surface area contributed by atoms with E-state index in [2.05, 4.69) is 10.3 Å². The summed E-state index contributed by atoms with van der Waals surface area (Å²) in [5.74, 6) is -3.51. The van der Waals surface area contributed by atoms with Gasteiger partial charge in [-0.1, -0.05) is 30.3 Å². The third-order valence-electron chi connectivity index (χ3n) is 7.17. The highest BCUT2D eigenvalue weighted by Gasteiger charge is 2.38. The second kappa shape index (κ2) is 15.8. The van der Waals surface area contributed by atoms with Crippen LogP contribution in [0.2, 0.25) is 0 Å². The number of rotatable bonds is 9. The fourth-order valence-electron chi connectivity index (χ4n) is 4.68. The molecule has 266 valence electrons. The summed E-state index contributed by atoms with van der Waals surface area (Å²) in [5, 5.41) is 10.2. The number of methoxy groups -OCH3 is 1. The number of hydrogen-bond acceptors (Lipinski definition) is 7. The van der Waals surface area contributed by atoms with Crippen molar-refractivity contribution in [2.24, 2.45) is 0 Å². The Bertz CT molecular complexity index is 2280. The summed E-state index contributed by atoms with van der Waals surface area (Å²) in [6.07, 6.45) is -2.08. The lowest BCUT2D eigenvalue weighted by Gasteiger charge is -2.14. The minimum Gasteiger partial charge on any atom is -0.493 e. The number of fused-ring (bicyclic) bond motifs is 1. The number of aliphatic carboxylic acids is 1. The van der Waals surface area contributed by atoms with E-state index in [1.807, 2.05) is 30.3 Å². The Labute approximate surface area is 291 Å². The molecule has 0 aliphatic heterocycles. The van der Waals surface area contributed by atoms with E-state index in [1.165, 1.54) is 72.6 Å². The molecule has 0 aliphatic rings. The normalized spacial score (nSPS) is 10.9. The molecule has 4 aromatic carbocycles. The van der Waals surface area contributed by atoms with E-state index in [0.29, 0.717) is 40.4 Å². The number of pyridine rings is 2. The number of carbonyl (C=O) groups excluding carboxylic acids is 1. The summed E-state index contributed by atoms with van der Waals surface area (Å²) in [5.41, 5.74) is 1.26. The number of hydrogen-bond donors (Lipinski definition) is 2. The molecule has 10 nitrogen and oxygen atoms in total. The van der Waals surface area contributed by atoms with Gasteiger partial charge < -0.3 is 24.6 Å². The Hall–Kier alpha value is -6.77. The van der Waals surface area contributed by atoms with E-state index < -0.39 is 35.2 Å². The molecule has 0 atom stereocenters. The van der Waals surface area contributed by atoms with Gasteiger partial charge in [0.05, 0.1) is 12.6 Å². The van der Waals surface area contributed by atoms with Crippen LogP contribution in [0, 0.1) is 11.6 Å². The lowest BCUT2D eigenvalue weighted by Crippen LogP contribution is -2.27. The third kappa shape index (κ3) is 8.87. The fourth-order valence-corrected chi connectivity index (χ4v) is 4.68. The van der Waals surface area contributed by atoms with Gasteiger partial charge >= 0.3 is 12.1 Å². The molecule has 1 amide bonds. The zero-order valence-electron chi connectivity index (χ0n) is 26.9. The van der Waals surface area contributed by atoms with Gasteiger partial charge in [-0.25, -0.2) is 13.6 Å². The van der Waals surface area contributed by atoms with Crippen molar-refractivity contribution in [2.45, 2.75) is 12.8 Å². The number of aromatic nitrogens is 2. The number of halogens is 5. The summed E-state index contributed by atoms with van der Waals surface area (Å²) >= 11 is 0. The number of benzene rings is 4. The van der Waals surface area contributed by atoms with Gasteiger partial charge in [0.1, 0.15) is 23.7 Å². The van der Waals surface area contributed by atoms with Crippen LogP contribution in [0.15, 0.2) is 120 Å². The molecule has 2 aromatic heterocycles. The highest BCUT2D eigenvalue weighted by molar-refractivity contribution is 6.04. The number of anilines is 1. The molecule has 0 saturated heterocycles. The van der Waals surface area contributed by atoms with Crippen molar-refractivity contribution < 1.29 is 50.9 Å². The van der Waals surface area contributed by atoms with E-state index in [0.717, 1.165) is 11.6 Å². The first-order valence-electron chi connectivity index (χ1n) is 15.0. The highest BCUT2D eigenvalue weighted by Crippen LogP contribution is 2.38. The topological polar surface area (TPSA) is 129 Å². The molecule has 2 N–H and O–H groups in total. The molecule has 0 bridgehead atoms. The summed E-state index contributed by atoms with van der Waals surface area (Å²) in [6, 6.07) is 26.8. The lowest BCUT2D eigenvalue weighted by molar-refractivity contribution is -0.192. The number of nitrogens with zero attached hydrogens (tertiary/aromatic N) is 2. The maximum absolute atomic E-state index is 15.2. The minimum absolute atomic E-state index is 0.0951. The van der Waals surface area contributed by atoms with Gasteiger partial charge in [0.15, 0.2) is 23.1 Å². The molecule has 2 heterocycles. The van der Waals surface area contributed by atoms with Crippen LogP contribution in [-0.2, 0) is 11.4 Å². The molecule has 0 radical (unpaired) electrons. The SMILES string of the molecule is COc1cc2c(Oc3ccc(NC(=O)c4cccn(-c5ccc(F)cc5)c4=O)cc3F)ccnc2cc1OCc1ccccc1.O=C(O)C(F)(F)F. The number of amides is 1. The zero-order valence-corrected chi connectivity index (χ0v) is 26.9. The van der Waals surface area contributed by atoms with Gasteiger partial charge in [-0.15, -0.1) is 0 Å². The van der Waals surface area contributed by atoms with E-state index >= 15 is 4.39 Å². The smallest absolute Gasteiger partial charge is 0.490 e. The molecule has 6 aromatic rings. The molecular weight excluding hydrogens is 693 g/mol. The summed E-state index contributed by atoms with van der Waals surface area (Å²) in [6.45, 7) is 0.335. The predicted molar refractivity (Wildman–Crippen MR) is 179 cm³/mol. The average Bonchev–Trinajstić information content (AvgIpc) is 3.12. The Morgan fingerprint density at radius 1 is 0.846 bits per heavy atom. The number of carbonyl (C=O) groups is 2. The Morgan fingerprint density at radius 3 is 2.21 bits per heavy atom. The maximum atomic E-state index is 15.2. The molecule has 0 spiro atoms. The number of alkyl halides is 3. The Balaban J connectivity index is 0.000000679. The standard InChI is InChI=1S/C35H25F2N3O5.C2HF3O2/c1-43-32-19-27-29(20-33(32)44-21-22-6-3-2-4-7-22)38-16-15-30(27)45-31-14-11-24(18-28(31)37)39-34(41)26-8-5-17-40(35(26)42)25-12-9-23(36)10-13-25;3-2(4,5)1(6)7/h2-20H,21H2,1H3,(H,39,41);(H,6,7). The van der Waals surface area contributed by atoms with Crippen molar-refractivity contribution in [3.05, 3.63) is 149 Å². The van der Waals surface area contributed by atoms with Crippen molar-refractivity contribution in [3.63, 3.8) is 0 Å². The van der Waals surface area contributed by atoms with Crippen molar-refractivity contribution in [2.75, 3.05) is 12.4 Å². The number of carboxylic acid groups (broad SMARTS) is 1. The monoisotopic (exact) mass is 719 g/mol. The molecule has 6 rings (SSSR count). The van der Waals surface area contributed by atoms with Gasteiger partial charge in [-0.3, -0.25) is 19.1 Å². The minimum atomic E-state index is -5.08. The molecule has 0 unspecified atom stereocenters. The van der Waals surface area contributed by atoms with Gasteiger partial charge in [0, 0.05) is 41.3 Å². The second-order valence-corrected chi connectivity index (χ2v) is 10.7. The Kier molecular flexibility index (Phi) is 11.1. The van der Waals surface area contributed by atoms with Crippen LogP contribution in [0.4, 0.5) is 27.6 Å². The second-order valence-electron chi connectivity index (χ2n) is 10.7. The molecule has 0 saturated carbocycles. The summed E-state index contributed by atoms with van der Waals surface area (Å²) < 4.78 is 79.0. The predicted octanol–water partition coefficient (Wildman–Crippen LogP) is 7.93. The van der Waals surface area contributed by atoms with Crippen molar-refractivity contribution >= 4 is 28.5 Å². The average molecular weight is 720 g/mol. The number of nitrogens with one attached hydrogen (secondary N) is 1. The lowest BCUT2D eigenvalue weighted by atomic mass is 10.1. The van der Waals surface area contributed by atoms with Crippen LogP contribution in [0.5, 0.6) is 23.0 Å². The largest absolute Gasteiger partial charge is 0.493 e. The van der Waals surface area contributed by atoms with E-state index in [1.54, 1.807) is 18.2 Å². The molecular formula is C37H26F5N3O7. The maximum Gasteiger partial charge on any atom is 0.490 e. The van der Waals surface area contributed by atoms with Crippen molar-refractivity contribution in [3.8, 4) is 28.7 Å². The van der Waals surface area contributed by atoms with Crippen molar-refractivity contribution in [1.82, 2.24) is 9.55 Å². The molecule has 15 heteroatoms. The van der Waals surface area contributed by atoms with Crippen LogP contribution < -0.4 is 25.1 Å². The Morgan fingerprint density at radius 2 is 1.56 bits per heavy atom. The molecule has 0 aliphatic carbocycles. The molecule has 0 fully saturated rings. The summed E-state index contributed by atoms with van der Waals surface area (Å²) in [4.78, 5) is 39.2. The number of ether oxygens (including phenoxy) is 3. The van der Waals surface area contributed by atoms with Crippen LogP contribution in [0.3, 0.4) is 0 Å². The van der Waals surface area contributed by atoms with E-state index in [-0.39, 0.29) is 17.0 Å². The van der Waals surface area contributed by atoms with E-state index in [4.69, 9.17) is 24.1 Å². The zero-order chi connectivity index (χ0) is 37.4. The van der Waals surface area contributed by atoms with Crippen LogP contribution >= 0.6 is 0 Å².